The topological polar surface area (TPSA) is 60.9 Å². The molecule has 116 valence electrons. The maximum absolute atomic E-state index is 11.4. The number of methoxy groups -OCH3 is 1. The normalized spacial score (nSPS) is 18.7. The lowest BCUT2D eigenvalue weighted by Crippen LogP contribution is -2.44. The molecule has 1 atom stereocenters. The van der Waals surface area contributed by atoms with Gasteiger partial charge in [0.2, 0.25) is 0 Å². The second kappa shape index (κ2) is 7.26. The van der Waals surface area contributed by atoms with Gasteiger partial charge in [-0.15, -0.1) is 0 Å². The molecule has 6 heteroatoms. The van der Waals surface area contributed by atoms with E-state index in [-0.39, 0.29) is 24.6 Å². The molecule has 0 aliphatic carbocycles. The highest BCUT2D eigenvalue weighted by Crippen LogP contribution is 2.28. The van der Waals surface area contributed by atoms with Crippen LogP contribution in [0.2, 0.25) is 0 Å². The van der Waals surface area contributed by atoms with Gasteiger partial charge in [0.15, 0.2) is 11.6 Å². The lowest BCUT2D eigenvalue weighted by atomic mass is 10.2. The summed E-state index contributed by atoms with van der Waals surface area (Å²) in [6, 6.07) is 3.76. The third-order valence-corrected chi connectivity index (χ3v) is 3.17. The number of aromatic nitrogens is 1. The van der Waals surface area contributed by atoms with E-state index >= 15 is 0 Å². The van der Waals surface area contributed by atoms with Crippen molar-refractivity contribution >= 4 is 11.8 Å². The summed E-state index contributed by atoms with van der Waals surface area (Å²) in [5.41, 5.74) is 0. The minimum Gasteiger partial charge on any atom is -0.487 e. The van der Waals surface area contributed by atoms with Crippen LogP contribution in [-0.4, -0.2) is 50.0 Å². The van der Waals surface area contributed by atoms with Gasteiger partial charge in [-0.3, -0.25) is 4.79 Å². The molecule has 0 spiro atoms. The highest BCUT2D eigenvalue weighted by atomic mass is 16.5. The molecule has 2 heterocycles. The van der Waals surface area contributed by atoms with Crippen LogP contribution in [0.4, 0.5) is 5.82 Å². The summed E-state index contributed by atoms with van der Waals surface area (Å²) in [4.78, 5) is 17.9. The molecule has 6 nitrogen and oxygen atoms in total. The Hall–Kier alpha value is -1.82. The number of morpholine rings is 1. The molecule has 1 fully saturated rings. The number of ether oxygens (including phenoxy) is 3. The Labute approximate surface area is 125 Å². The molecule has 0 amide bonds. The van der Waals surface area contributed by atoms with Crippen LogP contribution < -0.4 is 9.64 Å². The molecule has 0 bridgehead atoms. The van der Waals surface area contributed by atoms with E-state index in [4.69, 9.17) is 14.2 Å². The van der Waals surface area contributed by atoms with Gasteiger partial charge < -0.3 is 19.1 Å². The Balaban J connectivity index is 2.08. The second-order valence-electron chi connectivity index (χ2n) is 5.21. The molecule has 1 unspecified atom stereocenters. The van der Waals surface area contributed by atoms with E-state index in [2.05, 4.69) is 9.88 Å². The molecule has 0 N–H and O–H groups in total. The second-order valence-corrected chi connectivity index (χ2v) is 5.21. The minimum atomic E-state index is -0.262. The number of rotatable bonds is 5. The summed E-state index contributed by atoms with van der Waals surface area (Å²) in [5.74, 6) is 1.29. The van der Waals surface area contributed by atoms with E-state index in [1.165, 1.54) is 7.11 Å². The summed E-state index contributed by atoms with van der Waals surface area (Å²) in [5, 5.41) is 0. The molecule has 1 aromatic heterocycles. The van der Waals surface area contributed by atoms with Crippen molar-refractivity contribution in [2.75, 3.05) is 31.7 Å². The predicted octanol–water partition coefficient (Wildman–Crippen LogP) is 1.64. The first-order chi connectivity index (χ1) is 10.1. The zero-order valence-corrected chi connectivity index (χ0v) is 12.7. The first kappa shape index (κ1) is 15.6. The molecule has 1 aromatic rings. The van der Waals surface area contributed by atoms with Gasteiger partial charge in [0.25, 0.3) is 0 Å². The minimum absolute atomic E-state index is 0.0832. The van der Waals surface area contributed by atoms with Crippen LogP contribution >= 0.6 is 0 Å². The number of nitrogens with zero attached hydrogens (tertiary/aromatic N) is 2. The lowest BCUT2D eigenvalue weighted by Gasteiger charge is -2.34. The fraction of sp³-hybridized carbons (Fsp3) is 0.600. The Morgan fingerprint density at radius 2 is 2.38 bits per heavy atom. The highest BCUT2D eigenvalue weighted by molar-refractivity contribution is 5.70. The Kier molecular flexibility index (Phi) is 5.38. The van der Waals surface area contributed by atoms with Crippen LogP contribution in [0.25, 0.3) is 0 Å². The van der Waals surface area contributed by atoms with E-state index in [9.17, 15) is 4.79 Å². The number of carbonyl (C=O) groups is 1. The number of hydrogen-bond acceptors (Lipinski definition) is 6. The maximum atomic E-state index is 11.4. The monoisotopic (exact) mass is 294 g/mol. The van der Waals surface area contributed by atoms with Gasteiger partial charge in [-0.25, -0.2) is 4.98 Å². The van der Waals surface area contributed by atoms with Crippen molar-refractivity contribution in [1.29, 1.82) is 0 Å². The molecule has 0 radical (unpaired) electrons. The fourth-order valence-corrected chi connectivity index (χ4v) is 2.27. The number of esters is 1. The average Bonchev–Trinajstić information content (AvgIpc) is 2.47. The van der Waals surface area contributed by atoms with E-state index in [0.29, 0.717) is 13.2 Å². The number of carbonyl (C=O) groups excluding carboxylic acids is 1. The van der Waals surface area contributed by atoms with Crippen LogP contribution in [0, 0.1) is 0 Å². The van der Waals surface area contributed by atoms with Crippen molar-refractivity contribution in [1.82, 2.24) is 4.98 Å². The van der Waals surface area contributed by atoms with Crippen molar-refractivity contribution in [3.05, 3.63) is 18.3 Å². The summed E-state index contributed by atoms with van der Waals surface area (Å²) in [6.07, 6.45) is 1.90. The first-order valence-electron chi connectivity index (χ1n) is 7.15. The Bertz CT molecular complexity index is 478. The number of anilines is 1. The standard InChI is InChI=1S/C15H22N2O4/c1-11(2)21-13-5-4-6-16-15(13)17-7-8-20-12(10-17)9-14(18)19-3/h4-6,11-12H,7-10H2,1-3H3. The summed E-state index contributed by atoms with van der Waals surface area (Å²) < 4.78 is 16.1. The van der Waals surface area contributed by atoms with Gasteiger partial charge in [0, 0.05) is 19.3 Å². The van der Waals surface area contributed by atoms with Crippen molar-refractivity contribution in [3.8, 4) is 5.75 Å². The van der Waals surface area contributed by atoms with E-state index < -0.39 is 0 Å². The molecule has 2 rings (SSSR count). The van der Waals surface area contributed by atoms with Gasteiger partial charge in [-0.1, -0.05) is 0 Å². The smallest absolute Gasteiger partial charge is 0.308 e. The lowest BCUT2D eigenvalue weighted by molar-refractivity contribution is -0.144. The van der Waals surface area contributed by atoms with Crippen LogP contribution in [0.3, 0.4) is 0 Å². The SMILES string of the molecule is COC(=O)CC1CN(c2ncccc2OC(C)C)CCO1. The third kappa shape index (κ3) is 4.32. The fourth-order valence-electron chi connectivity index (χ4n) is 2.27. The average molecular weight is 294 g/mol. The summed E-state index contributed by atoms with van der Waals surface area (Å²) in [6.45, 7) is 5.84. The molecule has 0 saturated carbocycles. The molecule has 0 aromatic carbocycles. The number of hydrogen-bond donors (Lipinski definition) is 0. The summed E-state index contributed by atoms with van der Waals surface area (Å²) >= 11 is 0. The van der Waals surface area contributed by atoms with Gasteiger partial charge in [0.1, 0.15) is 0 Å². The highest BCUT2D eigenvalue weighted by Gasteiger charge is 2.26. The maximum Gasteiger partial charge on any atom is 0.308 e. The molecule has 1 aliphatic heterocycles. The van der Waals surface area contributed by atoms with E-state index in [1.54, 1.807) is 6.20 Å². The van der Waals surface area contributed by atoms with Crippen LogP contribution in [0.1, 0.15) is 20.3 Å². The zero-order valence-electron chi connectivity index (χ0n) is 12.7. The first-order valence-corrected chi connectivity index (χ1v) is 7.15. The molecular weight excluding hydrogens is 272 g/mol. The summed E-state index contributed by atoms with van der Waals surface area (Å²) in [7, 11) is 1.39. The molecular formula is C15H22N2O4. The largest absolute Gasteiger partial charge is 0.487 e. The molecule has 1 saturated heterocycles. The van der Waals surface area contributed by atoms with Gasteiger partial charge in [-0.2, -0.15) is 0 Å². The van der Waals surface area contributed by atoms with Crippen molar-refractivity contribution < 1.29 is 19.0 Å². The van der Waals surface area contributed by atoms with Gasteiger partial charge >= 0.3 is 5.97 Å². The van der Waals surface area contributed by atoms with Crippen molar-refractivity contribution in [3.63, 3.8) is 0 Å². The van der Waals surface area contributed by atoms with Crippen LogP contribution in [0.5, 0.6) is 5.75 Å². The van der Waals surface area contributed by atoms with Crippen LogP contribution in [-0.2, 0) is 14.3 Å². The van der Waals surface area contributed by atoms with Crippen molar-refractivity contribution in [2.45, 2.75) is 32.5 Å². The quantitative estimate of drug-likeness (QED) is 0.769. The van der Waals surface area contributed by atoms with E-state index in [1.807, 2.05) is 26.0 Å². The zero-order chi connectivity index (χ0) is 15.2. The van der Waals surface area contributed by atoms with E-state index in [0.717, 1.165) is 18.1 Å². The molecule has 1 aliphatic rings. The van der Waals surface area contributed by atoms with Crippen molar-refractivity contribution in [2.24, 2.45) is 0 Å². The number of pyridine rings is 1. The Morgan fingerprint density at radius 3 is 3.10 bits per heavy atom. The predicted molar refractivity (Wildman–Crippen MR) is 78.6 cm³/mol. The van der Waals surface area contributed by atoms with Gasteiger partial charge in [0.05, 0.1) is 32.3 Å². The third-order valence-electron chi connectivity index (χ3n) is 3.17. The van der Waals surface area contributed by atoms with Crippen LogP contribution in [0.15, 0.2) is 18.3 Å². The Morgan fingerprint density at radius 1 is 1.57 bits per heavy atom. The molecule has 21 heavy (non-hydrogen) atoms. The van der Waals surface area contributed by atoms with Gasteiger partial charge in [-0.05, 0) is 26.0 Å².